The van der Waals surface area contributed by atoms with Gasteiger partial charge in [-0.2, -0.15) is 0 Å². The second-order valence-corrected chi connectivity index (χ2v) is 5.42. The lowest BCUT2D eigenvalue weighted by Gasteiger charge is -2.21. The summed E-state index contributed by atoms with van der Waals surface area (Å²) in [6, 6.07) is -0.385. The first kappa shape index (κ1) is 17.9. The average Bonchev–Trinajstić information content (AvgIpc) is 2.30. The van der Waals surface area contributed by atoms with Crippen molar-refractivity contribution in [1.82, 2.24) is 10.6 Å². The highest BCUT2D eigenvalue weighted by Gasteiger charge is 2.20. The topological polar surface area (TPSA) is 93.5 Å². The molecule has 6 nitrogen and oxygen atoms in total. The molecule has 0 aliphatic rings. The van der Waals surface area contributed by atoms with Crippen LogP contribution in [0.2, 0.25) is 0 Å². The number of likely N-dealkylation sites (N-methyl/N-ethyl adjacent to an activating group) is 1. The molecule has 0 bridgehead atoms. The molecule has 1 unspecified atom stereocenters. The van der Waals surface area contributed by atoms with Crippen LogP contribution in [0.1, 0.15) is 40.0 Å². The highest BCUT2D eigenvalue weighted by Crippen LogP contribution is 2.07. The van der Waals surface area contributed by atoms with Gasteiger partial charge in [0, 0.05) is 7.05 Å². The number of nitrogens with one attached hydrogen (secondary N) is 2. The minimum absolute atomic E-state index is 0.0258. The average molecular weight is 273 g/mol. The predicted octanol–water partition coefficient (Wildman–Crippen LogP) is 0.161. The van der Waals surface area contributed by atoms with Crippen LogP contribution in [0, 0.1) is 0 Å². The van der Waals surface area contributed by atoms with Gasteiger partial charge in [-0.15, -0.1) is 0 Å². The Labute approximate surface area is 115 Å². The molecular formula is C13H27N3O3. The Bertz CT molecular complexity index is 287. The normalized spacial score (nSPS) is 12.9. The molecule has 0 spiro atoms. The Morgan fingerprint density at radius 2 is 1.89 bits per heavy atom. The Hall–Kier alpha value is -1.14. The molecule has 1 amide bonds. The van der Waals surface area contributed by atoms with Crippen molar-refractivity contribution in [2.75, 3.05) is 20.1 Å². The van der Waals surface area contributed by atoms with Gasteiger partial charge in [0.25, 0.3) is 0 Å². The van der Waals surface area contributed by atoms with Gasteiger partial charge in [-0.1, -0.05) is 6.42 Å². The van der Waals surface area contributed by atoms with Crippen molar-refractivity contribution in [3.63, 3.8) is 0 Å². The van der Waals surface area contributed by atoms with E-state index in [-0.39, 0.29) is 24.5 Å². The van der Waals surface area contributed by atoms with Crippen molar-refractivity contribution in [2.24, 2.45) is 5.73 Å². The molecule has 0 rings (SSSR count). The van der Waals surface area contributed by atoms with Crippen molar-refractivity contribution < 1.29 is 14.3 Å². The van der Waals surface area contributed by atoms with E-state index in [2.05, 4.69) is 10.6 Å². The fraction of sp³-hybridized carbons (Fsp3) is 0.846. The summed E-state index contributed by atoms with van der Waals surface area (Å²) in [4.78, 5) is 23.2. The molecule has 0 aromatic rings. The molecule has 0 saturated heterocycles. The van der Waals surface area contributed by atoms with E-state index < -0.39 is 5.60 Å². The van der Waals surface area contributed by atoms with Crippen molar-refractivity contribution >= 4 is 11.9 Å². The van der Waals surface area contributed by atoms with Crippen LogP contribution in [0.25, 0.3) is 0 Å². The van der Waals surface area contributed by atoms with Gasteiger partial charge in [-0.25, -0.2) is 0 Å². The molecule has 0 aliphatic heterocycles. The summed E-state index contributed by atoms with van der Waals surface area (Å²) in [6.07, 6.45) is 2.36. The highest BCUT2D eigenvalue weighted by atomic mass is 16.6. The number of ether oxygens (including phenoxy) is 1. The molecule has 0 radical (unpaired) electrons. The summed E-state index contributed by atoms with van der Waals surface area (Å²) in [5.41, 5.74) is 4.91. The minimum Gasteiger partial charge on any atom is -0.459 e. The van der Waals surface area contributed by atoms with E-state index in [9.17, 15) is 9.59 Å². The first-order valence-electron chi connectivity index (χ1n) is 6.67. The summed E-state index contributed by atoms with van der Waals surface area (Å²) in [5, 5.41) is 5.50. The summed E-state index contributed by atoms with van der Waals surface area (Å²) >= 11 is 0. The molecular weight excluding hydrogens is 246 g/mol. The molecule has 19 heavy (non-hydrogen) atoms. The number of unbranched alkanes of at least 4 members (excludes halogenated alkanes) is 1. The number of hydrogen-bond donors (Lipinski definition) is 3. The molecule has 0 aliphatic carbocycles. The molecule has 0 aromatic heterocycles. The van der Waals surface area contributed by atoms with Crippen molar-refractivity contribution in [3.8, 4) is 0 Å². The number of carbonyl (C=O) groups is 2. The standard InChI is InChI=1S/C13H27N3O3/c1-13(2,3)19-11(17)9-16-10(12(18)15-4)7-5-6-8-14/h10,16H,5-9,14H2,1-4H3,(H,15,18). The fourth-order valence-corrected chi connectivity index (χ4v) is 1.58. The third-order valence-electron chi connectivity index (χ3n) is 2.42. The zero-order valence-electron chi connectivity index (χ0n) is 12.4. The lowest BCUT2D eigenvalue weighted by Crippen LogP contribution is -2.45. The molecule has 112 valence electrons. The van der Waals surface area contributed by atoms with Crippen molar-refractivity contribution in [2.45, 2.75) is 51.7 Å². The lowest BCUT2D eigenvalue weighted by atomic mass is 10.1. The summed E-state index contributed by atoms with van der Waals surface area (Å²) < 4.78 is 5.17. The number of nitrogens with two attached hydrogens (primary N) is 1. The van der Waals surface area contributed by atoms with E-state index in [1.807, 2.05) is 20.8 Å². The van der Waals surface area contributed by atoms with Gasteiger partial charge in [0.2, 0.25) is 5.91 Å². The van der Waals surface area contributed by atoms with Gasteiger partial charge in [0.05, 0.1) is 12.6 Å². The zero-order chi connectivity index (χ0) is 14.9. The minimum atomic E-state index is -0.513. The largest absolute Gasteiger partial charge is 0.459 e. The van der Waals surface area contributed by atoms with Gasteiger partial charge in [-0.3, -0.25) is 14.9 Å². The Morgan fingerprint density at radius 3 is 2.37 bits per heavy atom. The number of carbonyl (C=O) groups excluding carboxylic acids is 2. The van der Waals surface area contributed by atoms with Gasteiger partial charge >= 0.3 is 5.97 Å². The Balaban J connectivity index is 4.18. The molecule has 0 heterocycles. The van der Waals surface area contributed by atoms with Gasteiger partial charge < -0.3 is 15.8 Å². The zero-order valence-corrected chi connectivity index (χ0v) is 12.4. The fourth-order valence-electron chi connectivity index (χ4n) is 1.58. The highest BCUT2D eigenvalue weighted by molar-refractivity contribution is 5.82. The summed E-state index contributed by atoms with van der Waals surface area (Å²) in [6.45, 7) is 6.05. The van der Waals surface area contributed by atoms with Crippen molar-refractivity contribution in [3.05, 3.63) is 0 Å². The van der Waals surface area contributed by atoms with Crippen LogP contribution in [-0.2, 0) is 14.3 Å². The maximum Gasteiger partial charge on any atom is 0.320 e. The third kappa shape index (κ3) is 9.44. The van der Waals surface area contributed by atoms with E-state index in [1.165, 1.54) is 0 Å². The lowest BCUT2D eigenvalue weighted by molar-refractivity contribution is -0.153. The molecule has 6 heteroatoms. The van der Waals surface area contributed by atoms with Crippen LogP contribution in [0.4, 0.5) is 0 Å². The first-order chi connectivity index (χ1) is 8.80. The molecule has 0 fully saturated rings. The first-order valence-corrected chi connectivity index (χ1v) is 6.67. The van der Waals surface area contributed by atoms with Crippen molar-refractivity contribution in [1.29, 1.82) is 0 Å². The summed E-state index contributed by atoms with van der Waals surface area (Å²) in [7, 11) is 1.58. The van der Waals surface area contributed by atoms with Crippen LogP contribution < -0.4 is 16.4 Å². The second kappa shape index (κ2) is 8.87. The molecule has 0 aromatic carbocycles. The molecule has 1 atom stereocenters. The number of hydrogen-bond acceptors (Lipinski definition) is 5. The smallest absolute Gasteiger partial charge is 0.320 e. The third-order valence-corrected chi connectivity index (χ3v) is 2.42. The molecule has 0 saturated carbocycles. The Kier molecular flexibility index (Phi) is 8.34. The summed E-state index contributed by atoms with van der Waals surface area (Å²) in [5.74, 6) is -0.485. The Morgan fingerprint density at radius 1 is 1.26 bits per heavy atom. The quantitative estimate of drug-likeness (QED) is 0.433. The van der Waals surface area contributed by atoms with E-state index in [4.69, 9.17) is 10.5 Å². The van der Waals surface area contributed by atoms with E-state index >= 15 is 0 Å². The predicted molar refractivity (Wildman–Crippen MR) is 74.6 cm³/mol. The van der Waals surface area contributed by atoms with Crippen LogP contribution in [0.3, 0.4) is 0 Å². The number of amides is 1. The molecule has 4 N–H and O–H groups in total. The second-order valence-electron chi connectivity index (χ2n) is 5.42. The van der Waals surface area contributed by atoms with Gasteiger partial charge in [-0.05, 0) is 40.2 Å². The van der Waals surface area contributed by atoms with Crippen LogP contribution in [0.15, 0.2) is 0 Å². The van der Waals surface area contributed by atoms with Crippen LogP contribution in [-0.4, -0.2) is 43.7 Å². The SMILES string of the molecule is CNC(=O)C(CCCCN)NCC(=O)OC(C)(C)C. The number of rotatable bonds is 8. The van der Waals surface area contributed by atoms with E-state index in [1.54, 1.807) is 7.05 Å². The van der Waals surface area contributed by atoms with Gasteiger partial charge in [0.15, 0.2) is 0 Å². The van der Waals surface area contributed by atoms with Crippen LogP contribution in [0.5, 0.6) is 0 Å². The van der Waals surface area contributed by atoms with Gasteiger partial charge in [0.1, 0.15) is 5.60 Å². The maximum atomic E-state index is 11.6. The van der Waals surface area contributed by atoms with E-state index in [0.29, 0.717) is 13.0 Å². The van der Waals surface area contributed by atoms with E-state index in [0.717, 1.165) is 12.8 Å². The number of esters is 1. The maximum absolute atomic E-state index is 11.6. The monoisotopic (exact) mass is 273 g/mol. The van der Waals surface area contributed by atoms with Crippen LogP contribution >= 0.6 is 0 Å².